The molecule has 1 aliphatic heterocycles. The summed E-state index contributed by atoms with van der Waals surface area (Å²) in [5.74, 6) is 2.83. The minimum Gasteiger partial charge on any atom is -0.449 e. The maximum atomic E-state index is 7.11. The van der Waals surface area contributed by atoms with Crippen molar-refractivity contribution in [3.05, 3.63) is 210 Å². The third kappa shape index (κ3) is 3.90. The van der Waals surface area contributed by atoms with E-state index in [1.807, 2.05) is 6.07 Å². The SMILES string of the molecule is c1ccc2c(c1)-c1ccccc1C21c2ccccc2-c2c1ccc1c2Oc2cccc(N(c3ccc4ccccc4c3)c3ccc4ccccc4c3)c2O1. The van der Waals surface area contributed by atoms with Gasteiger partial charge in [0.15, 0.2) is 23.0 Å². The van der Waals surface area contributed by atoms with Gasteiger partial charge in [-0.05, 0) is 103 Å². The maximum Gasteiger partial charge on any atom is 0.194 e. The van der Waals surface area contributed by atoms with Crippen molar-refractivity contribution in [2.24, 2.45) is 0 Å². The summed E-state index contributed by atoms with van der Waals surface area (Å²) in [5.41, 5.74) is 12.4. The zero-order chi connectivity index (χ0) is 35.4. The van der Waals surface area contributed by atoms with E-state index in [2.05, 4.69) is 187 Å². The summed E-state index contributed by atoms with van der Waals surface area (Å²) in [7, 11) is 0. The average Bonchev–Trinajstić information content (AvgIpc) is 3.71. The highest BCUT2D eigenvalue weighted by Gasteiger charge is 2.53. The number of para-hydroxylation sites is 1. The Labute approximate surface area is 312 Å². The van der Waals surface area contributed by atoms with Gasteiger partial charge in [-0.2, -0.15) is 0 Å². The highest BCUT2D eigenvalue weighted by atomic mass is 16.6. The van der Waals surface area contributed by atoms with Crippen LogP contribution in [0.3, 0.4) is 0 Å². The first kappa shape index (κ1) is 29.5. The van der Waals surface area contributed by atoms with Crippen LogP contribution < -0.4 is 14.4 Å². The van der Waals surface area contributed by atoms with Gasteiger partial charge in [-0.15, -0.1) is 0 Å². The summed E-state index contributed by atoms with van der Waals surface area (Å²) in [5, 5.41) is 4.74. The monoisotopic (exact) mass is 689 g/mol. The Morgan fingerprint density at radius 1 is 0.352 bits per heavy atom. The Kier molecular flexibility index (Phi) is 5.98. The van der Waals surface area contributed by atoms with Crippen molar-refractivity contribution in [1.82, 2.24) is 0 Å². The second-order valence-electron chi connectivity index (χ2n) is 14.4. The largest absolute Gasteiger partial charge is 0.449 e. The van der Waals surface area contributed by atoms with E-state index in [4.69, 9.17) is 9.47 Å². The topological polar surface area (TPSA) is 21.7 Å². The quantitative estimate of drug-likeness (QED) is 0.184. The van der Waals surface area contributed by atoms with Gasteiger partial charge in [0.1, 0.15) is 0 Å². The lowest BCUT2D eigenvalue weighted by molar-refractivity contribution is 0.361. The Bertz CT molecular complexity index is 2910. The molecule has 54 heavy (non-hydrogen) atoms. The fourth-order valence-electron chi connectivity index (χ4n) is 9.46. The number of anilines is 3. The van der Waals surface area contributed by atoms with Gasteiger partial charge in [0.05, 0.1) is 11.1 Å². The second kappa shape index (κ2) is 11.0. The molecule has 0 amide bonds. The van der Waals surface area contributed by atoms with Gasteiger partial charge in [-0.1, -0.05) is 146 Å². The smallest absolute Gasteiger partial charge is 0.194 e. The number of fused-ring (bicyclic) bond motifs is 15. The molecule has 0 atom stereocenters. The fraction of sp³-hybridized carbons (Fsp3) is 0.0196. The highest BCUT2D eigenvalue weighted by molar-refractivity contribution is 5.99. The first-order valence-electron chi connectivity index (χ1n) is 18.5. The minimum atomic E-state index is -0.456. The number of nitrogens with zero attached hydrogens (tertiary/aromatic N) is 1. The molecule has 0 fully saturated rings. The van der Waals surface area contributed by atoms with Gasteiger partial charge in [-0.3, -0.25) is 0 Å². The van der Waals surface area contributed by atoms with Gasteiger partial charge in [-0.25, -0.2) is 0 Å². The minimum absolute atomic E-state index is 0.456. The van der Waals surface area contributed by atoms with Crippen molar-refractivity contribution < 1.29 is 9.47 Å². The summed E-state index contributed by atoms with van der Waals surface area (Å²) >= 11 is 0. The van der Waals surface area contributed by atoms with Gasteiger partial charge < -0.3 is 14.4 Å². The van der Waals surface area contributed by atoms with Gasteiger partial charge >= 0.3 is 0 Å². The van der Waals surface area contributed by atoms with Crippen LogP contribution in [0.15, 0.2) is 188 Å². The van der Waals surface area contributed by atoms with Crippen LogP contribution in [0.4, 0.5) is 17.1 Å². The molecule has 12 rings (SSSR count). The molecule has 0 radical (unpaired) electrons. The van der Waals surface area contributed by atoms with Crippen LogP contribution in [0.2, 0.25) is 0 Å². The molecule has 3 nitrogen and oxygen atoms in total. The molecule has 0 saturated heterocycles. The lowest BCUT2D eigenvalue weighted by atomic mass is 9.70. The standard InChI is InChI=1S/C51H31NO2/c1-3-14-34-30-36(26-24-32(34)12-1)52(37-27-25-33-13-2-4-15-35(33)31-37)45-22-11-23-46-49(45)53-47-29-28-44-48(50(47)54-46)40-18-7-10-21-43(40)51(44)41-19-8-5-16-38(41)39-17-6-9-20-42(39)51/h1-31H. The zero-order valence-electron chi connectivity index (χ0n) is 29.2. The number of hydrogen-bond donors (Lipinski definition) is 0. The first-order chi connectivity index (χ1) is 26.8. The van der Waals surface area contributed by atoms with Crippen LogP contribution in [0.1, 0.15) is 22.3 Å². The molecule has 0 bridgehead atoms. The fourth-order valence-corrected chi connectivity index (χ4v) is 9.46. The summed E-state index contributed by atoms with van der Waals surface area (Å²) in [6.45, 7) is 0. The number of ether oxygens (including phenoxy) is 2. The van der Waals surface area contributed by atoms with E-state index in [1.165, 1.54) is 60.5 Å². The molecule has 3 heteroatoms. The predicted molar refractivity (Wildman–Crippen MR) is 219 cm³/mol. The Morgan fingerprint density at radius 3 is 1.48 bits per heavy atom. The van der Waals surface area contributed by atoms with Crippen molar-refractivity contribution in [1.29, 1.82) is 0 Å². The van der Waals surface area contributed by atoms with E-state index in [1.54, 1.807) is 0 Å². The van der Waals surface area contributed by atoms with Crippen molar-refractivity contribution in [2.45, 2.75) is 5.41 Å². The van der Waals surface area contributed by atoms with Gasteiger partial charge in [0.25, 0.3) is 0 Å². The van der Waals surface area contributed by atoms with Crippen molar-refractivity contribution >= 4 is 38.6 Å². The molecular weight excluding hydrogens is 659 g/mol. The van der Waals surface area contributed by atoms with Crippen LogP contribution in [-0.4, -0.2) is 0 Å². The van der Waals surface area contributed by atoms with Crippen molar-refractivity contribution in [3.63, 3.8) is 0 Å². The van der Waals surface area contributed by atoms with Crippen LogP contribution in [0.5, 0.6) is 23.0 Å². The number of hydrogen-bond acceptors (Lipinski definition) is 3. The summed E-state index contributed by atoms with van der Waals surface area (Å²) < 4.78 is 14.2. The molecule has 252 valence electrons. The van der Waals surface area contributed by atoms with E-state index in [-0.39, 0.29) is 0 Å². The number of rotatable bonds is 3. The van der Waals surface area contributed by atoms with E-state index in [0.29, 0.717) is 17.2 Å². The molecule has 0 saturated carbocycles. The van der Waals surface area contributed by atoms with E-state index in [0.717, 1.165) is 28.4 Å². The van der Waals surface area contributed by atoms with Gasteiger partial charge in [0, 0.05) is 16.9 Å². The van der Waals surface area contributed by atoms with E-state index >= 15 is 0 Å². The molecule has 3 aliphatic rings. The highest BCUT2D eigenvalue weighted by Crippen LogP contribution is 2.66. The summed E-state index contributed by atoms with van der Waals surface area (Å²) in [6, 6.07) is 67.4. The molecule has 2 aliphatic carbocycles. The van der Waals surface area contributed by atoms with Crippen molar-refractivity contribution in [2.75, 3.05) is 4.90 Å². The van der Waals surface area contributed by atoms with Crippen LogP contribution >= 0.6 is 0 Å². The Morgan fingerprint density at radius 2 is 0.852 bits per heavy atom. The van der Waals surface area contributed by atoms with Gasteiger partial charge in [0.2, 0.25) is 0 Å². The van der Waals surface area contributed by atoms with Crippen LogP contribution in [0, 0.1) is 0 Å². The molecule has 0 N–H and O–H groups in total. The average molecular weight is 690 g/mol. The predicted octanol–water partition coefficient (Wildman–Crippen LogP) is 13.7. The number of benzene rings is 9. The maximum absolute atomic E-state index is 7.11. The van der Waals surface area contributed by atoms with Crippen LogP contribution in [0.25, 0.3) is 43.8 Å². The molecule has 1 spiro atoms. The Hall–Kier alpha value is -7.10. The lowest BCUT2D eigenvalue weighted by Gasteiger charge is -2.32. The second-order valence-corrected chi connectivity index (χ2v) is 14.4. The molecule has 9 aromatic carbocycles. The molecule has 0 aromatic heterocycles. The first-order valence-corrected chi connectivity index (χ1v) is 18.5. The molecule has 9 aromatic rings. The zero-order valence-corrected chi connectivity index (χ0v) is 29.2. The van der Waals surface area contributed by atoms with Crippen molar-refractivity contribution in [3.8, 4) is 45.3 Å². The third-order valence-corrected chi connectivity index (χ3v) is 11.7. The lowest BCUT2D eigenvalue weighted by Crippen LogP contribution is -2.25. The summed E-state index contributed by atoms with van der Waals surface area (Å²) in [6.07, 6.45) is 0. The normalized spacial score (nSPS) is 13.6. The molecule has 0 unspecified atom stereocenters. The van der Waals surface area contributed by atoms with E-state index in [9.17, 15) is 0 Å². The third-order valence-electron chi connectivity index (χ3n) is 11.7. The Balaban J connectivity index is 1.06. The van der Waals surface area contributed by atoms with E-state index < -0.39 is 5.41 Å². The molecular formula is C51H31NO2. The summed E-state index contributed by atoms with van der Waals surface area (Å²) in [4.78, 5) is 2.29. The molecule has 1 heterocycles. The van der Waals surface area contributed by atoms with Crippen LogP contribution in [-0.2, 0) is 5.41 Å².